The number of hydrogen-bond acceptors (Lipinski definition) is 2. The lowest BCUT2D eigenvalue weighted by Crippen LogP contribution is -2.32. The predicted octanol–water partition coefficient (Wildman–Crippen LogP) is 3.55. The van der Waals surface area contributed by atoms with Crippen LogP contribution in [-0.2, 0) is 0 Å². The van der Waals surface area contributed by atoms with Crippen LogP contribution in [-0.4, -0.2) is 12.6 Å². The number of halogens is 1. The highest BCUT2D eigenvalue weighted by Crippen LogP contribution is 2.31. The second-order valence-corrected chi connectivity index (χ2v) is 4.12. The van der Waals surface area contributed by atoms with Crippen LogP contribution in [0, 0.1) is 0 Å². The highest BCUT2D eigenvalue weighted by atomic mass is 35.5. The van der Waals surface area contributed by atoms with E-state index in [-0.39, 0.29) is 0 Å². The maximum Gasteiger partial charge on any atom is 0.0741 e. The van der Waals surface area contributed by atoms with Crippen molar-refractivity contribution in [1.82, 2.24) is 0 Å². The zero-order chi connectivity index (χ0) is 11.4. The third-order valence-corrected chi connectivity index (χ3v) is 3.13. The highest BCUT2D eigenvalue weighted by Gasteiger charge is 2.14. The molecule has 3 heteroatoms. The number of nitrogens with zero attached hydrogens (tertiary/aromatic N) is 1. The maximum atomic E-state index is 6.01. The molecule has 0 aliphatic heterocycles. The summed E-state index contributed by atoms with van der Waals surface area (Å²) in [6.07, 6.45) is 1.10. The molecule has 0 fully saturated rings. The number of nitrogen functional groups attached to an aromatic ring is 1. The summed E-state index contributed by atoms with van der Waals surface area (Å²) in [6, 6.07) is 6.27. The maximum absolute atomic E-state index is 6.01. The second-order valence-electron chi connectivity index (χ2n) is 3.72. The Hall–Kier alpha value is -0.890. The van der Waals surface area contributed by atoms with Gasteiger partial charge in [0.25, 0.3) is 0 Å². The molecule has 0 heterocycles. The standard InChI is InChI=1S/C12H19ClN2/c1-4-9(3)15(5-2)11-8-6-7-10(13)12(11)14/h6-9H,4-5,14H2,1-3H3. The van der Waals surface area contributed by atoms with Gasteiger partial charge in [-0.25, -0.2) is 0 Å². The van der Waals surface area contributed by atoms with Gasteiger partial charge in [0.05, 0.1) is 16.4 Å². The van der Waals surface area contributed by atoms with Crippen LogP contribution in [0.2, 0.25) is 5.02 Å². The van der Waals surface area contributed by atoms with Gasteiger partial charge < -0.3 is 10.6 Å². The molecule has 1 atom stereocenters. The Balaban J connectivity index is 3.07. The first-order valence-corrected chi connectivity index (χ1v) is 5.80. The molecule has 0 saturated carbocycles. The van der Waals surface area contributed by atoms with Gasteiger partial charge in [0.1, 0.15) is 0 Å². The number of rotatable bonds is 4. The monoisotopic (exact) mass is 226 g/mol. The summed E-state index contributed by atoms with van der Waals surface area (Å²) in [6.45, 7) is 7.45. The van der Waals surface area contributed by atoms with E-state index in [0.717, 1.165) is 18.7 Å². The Morgan fingerprint density at radius 2 is 2.07 bits per heavy atom. The number of para-hydroxylation sites is 1. The van der Waals surface area contributed by atoms with E-state index >= 15 is 0 Å². The first kappa shape index (κ1) is 12.2. The van der Waals surface area contributed by atoms with Crippen LogP contribution in [0.25, 0.3) is 0 Å². The molecule has 1 aromatic carbocycles. The number of hydrogen-bond donors (Lipinski definition) is 1. The van der Waals surface area contributed by atoms with E-state index in [9.17, 15) is 0 Å². The minimum Gasteiger partial charge on any atom is -0.396 e. The van der Waals surface area contributed by atoms with Crippen LogP contribution in [0.3, 0.4) is 0 Å². The molecule has 1 rings (SSSR count). The van der Waals surface area contributed by atoms with Crippen molar-refractivity contribution in [3.63, 3.8) is 0 Å². The lowest BCUT2D eigenvalue weighted by molar-refractivity contribution is 0.631. The summed E-state index contributed by atoms with van der Waals surface area (Å²) in [4.78, 5) is 2.28. The van der Waals surface area contributed by atoms with E-state index < -0.39 is 0 Å². The number of nitrogens with two attached hydrogens (primary N) is 1. The molecule has 0 amide bonds. The van der Waals surface area contributed by atoms with Crippen molar-refractivity contribution in [3.05, 3.63) is 23.2 Å². The molecular formula is C12H19ClN2. The van der Waals surface area contributed by atoms with Crippen molar-refractivity contribution in [3.8, 4) is 0 Å². The van der Waals surface area contributed by atoms with Gasteiger partial charge in [-0.05, 0) is 32.4 Å². The van der Waals surface area contributed by atoms with Gasteiger partial charge in [0.15, 0.2) is 0 Å². The van der Waals surface area contributed by atoms with Crippen LogP contribution < -0.4 is 10.6 Å². The first-order valence-electron chi connectivity index (χ1n) is 5.42. The normalized spacial score (nSPS) is 12.5. The lowest BCUT2D eigenvalue weighted by Gasteiger charge is -2.30. The fourth-order valence-electron chi connectivity index (χ4n) is 1.72. The summed E-state index contributed by atoms with van der Waals surface area (Å²) in [5, 5.41) is 0.634. The molecule has 0 bridgehead atoms. The van der Waals surface area contributed by atoms with E-state index in [4.69, 9.17) is 17.3 Å². The first-order chi connectivity index (χ1) is 7.11. The SMILES string of the molecule is CCC(C)N(CC)c1cccc(Cl)c1N. The van der Waals surface area contributed by atoms with Crippen molar-refractivity contribution >= 4 is 23.0 Å². The Morgan fingerprint density at radius 3 is 2.60 bits per heavy atom. The number of anilines is 2. The van der Waals surface area contributed by atoms with Crippen LogP contribution in [0.1, 0.15) is 27.2 Å². The van der Waals surface area contributed by atoms with E-state index in [1.807, 2.05) is 18.2 Å². The van der Waals surface area contributed by atoms with Crippen molar-refractivity contribution < 1.29 is 0 Å². The number of benzene rings is 1. The van der Waals surface area contributed by atoms with Crippen molar-refractivity contribution in [2.75, 3.05) is 17.2 Å². The van der Waals surface area contributed by atoms with E-state index in [1.54, 1.807) is 0 Å². The summed E-state index contributed by atoms with van der Waals surface area (Å²) in [5.74, 6) is 0. The molecule has 0 saturated heterocycles. The Bertz CT molecular complexity index is 325. The summed E-state index contributed by atoms with van der Waals surface area (Å²) in [7, 11) is 0. The van der Waals surface area contributed by atoms with Crippen LogP contribution >= 0.6 is 11.6 Å². The molecule has 2 nitrogen and oxygen atoms in total. The molecule has 2 N–H and O–H groups in total. The van der Waals surface area contributed by atoms with E-state index in [0.29, 0.717) is 16.8 Å². The third-order valence-electron chi connectivity index (χ3n) is 2.80. The highest BCUT2D eigenvalue weighted by molar-refractivity contribution is 6.33. The molecule has 1 aromatic rings. The Kier molecular flexibility index (Phi) is 4.28. The van der Waals surface area contributed by atoms with Crippen LogP contribution in [0.5, 0.6) is 0 Å². The predicted molar refractivity (Wildman–Crippen MR) is 68.6 cm³/mol. The third kappa shape index (κ3) is 2.57. The molecule has 1 unspecified atom stereocenters. The van der Waals surface area contributed by atoms with Crippen LogP contribution in [0.4, 0.5) is 11.4 Å². The van der Waals surface area contributed by atoms with Gasteiger partial charge in [-0.3, -0.25) is 0 Å². The molecule has 0 aliphatic rings. The Morgan fingerprint density at radius 1 is 1.40 bits per heavy atom. The smallest absolute Gasteiger partial charge is 0.0741 e. The van der Waals surface area contributed by atoms with Gasteiger partial charge in [-0.1, -0.05) is 24.6 Å². The minimum absolute atomic E-state index is 0.482. The average Bonchev–Trinajstić information content (AvgIpc) is 2.24. The van der Waals surface area contributed by atoms with Crippen molar-refractivity contribution in [1.29, 1.82) is 0 Å². The van der Waals surface area contributed by atoms with E-state index in [1.165, 1.54) is 0 Å². The molecule has 84 valence electrons. The minimum atomic E-state index is 0.482. The Labute approximate surface area is 97.0 Å². The fraction of sp³-hybridized carbons (Fsp3) is 0.500. The molecule has 0 radical (unpaired) electrons. The van der Waals surface area contributed by atoms with Crippen LogP contribution in [0.15, 0.2) is 18.2 Å². The molecule has 0 aromatic heterocycles. The fourth-order valence-corrected chi connectivity index (χ4v) is 1.89. The molecule has 15 heavy (non-hydrogen) atoms. The average molecular weight is 227 g/mol. The van der Waals surface area contributed by atoms with Crippen molar-refractivity contribution in [2.24, 2.45) is 0 Å². The van der Waals surface area contributed by atoms with Gasteiger partial charge in [-0.2, -0.15) is 0 Å². The zero-order valence-electron chi connectivity index (χ0n) is 9.63. The topological polar surface area (TPSA) is 29.3 Å². The lowest BCUT2D eigenvalue weighted by atomic mass is 10.1. The van der Waals surface area contributed by atoms with Gasteiger partial charge in [0, 0.05) is 12.6 Å². The zero-order valence-corrected chi connectivity index (χ0v) is 10.4. The molecule has 0 spiro atoms. The quantitative estimate of drug-likeness (QED) is 0.796. The second kappa shape index (κ2) is 5.26. The molecular weight excluding hydrogens is 208 g/mol. The molecule has 0 aliphatic carbocycles. The van der Waals surface area contributed by atoms with Crippen molar-refractivity contribution in [2.45, 2.75) is 33.2 Å². The summed E-state index contributed by atoms with van der Waals surface area (Å²) in [5.41, 5.74) is 7.70. The van der Waals surface area contributed by atoms with Gasteiger partial charge in [-0.15, -0.1) is 0 Å². The summed E-state index contributed by atoms with van der Waals surface area (Å²) < 4.78 is 0. The van der Waals surface area contributed by atoms with Gasteiger partial charge in [0.2, 0.25) is 0 Å². The van der Waals surface area contributed by atoms with Gasteiger partial charge >= 0.3 is 0 Å². The summed E-state index contributed by atoms with van der Waals surface area (Å²) >= 11 is 6.01. The van der Waals surface area contributed by atoms with E-state index in [2.05, 4.69) is 25.7 Å². The largest absolute Gasteiger partial charge is 0.396 e.